The number of nitrogens with zero attached hydrogens (tertiary/aromatic N) is 1. The van der Waals surface area contributed by atoms with Gasteiger partial charge in [-0.05, 0) is 43.0 Å². The van der Waals surface area contributed by atoms with Gasteiger partial charge < -0.3 is 10.2 Å². The molecule has 106 valence electrons. The number of hydrogen-bond acceptors (Lipinski definition) is 3. The largest absolute Gasteiger partial charge is 0.395 e. The number of hydrogen-bond donors (Lipinski definition) is 2. The minimum absolute atomic E-state index is 0.207. The third kappa shape index (κ3) is 3.69. The van der Waals surface area contributed by atoms with Gasteiger partial charge >= 0.3 is 0 Å². The molecule has 3 atom stereocenters. The van der Waals surface area contributed by atoms with E-state index in [4.69, 9.17) is 11.6 Å². The second kappa shape index (κ2) is 6.71. The Labute approximate surface area is 119 Å². The van der Waals surface area contributed by atoms with E-state index in [9.17, 15) is 10.2 Å². The average Bonchev–Trinajstić information content (AvgIpc) is 2.77. The molecule has 1 aliphatic heterocycles. The van der Waals surface area contributed by atoms with Crippen LogP contribution in [0.5, 0.6) is 0 Å². The molecule has 0 saturated carbocycles. The van der Waals surface area contributed by atoms with Crippen LogP contribution in [0.15, 0.2) is 24.3 Å². The Morgan fingerprint density at radius 1 is 1.37 bits per heavy atom. The van der Waals surface area contributed by atoms with E-state index in [1.54, 1.807) is 12.1 Å². The average molecular weight is 284 g/mol. The van der Waals surface area contributed by atoms with E-state index in [1.807, 2.05) is 12.1 Å². The summed E-state index contributed by atoms with van der Waals surface area (Å²) < 4.78 is 0. The number of aliphatic hydroxyl groups is 2. The van der Waals surface area contributed by atoms with Crippen molar-refractivity contribution in [3.8, 4) is 0 Å². The lowest BCUT2D eigenvalue weighted by Crippen LogP contribution is -2.36. The molecule has 0 radical (unpaired) electrons. The molecule has 1 fully saturated rings. The SMILES string of the molecule is CC1CCN(CCC(O)c2ccc(Cl)cc2)C1CO. The van der Waals surface area contributed by atoms with Crippen LogP contribution in [0.25, 0.3) is 0 Å². The van der Waals surface area contributed by atoms with Crippen LogP contribution >= 0.6 is 11.6 Å². The van der Waals surface area contributed by atoms with Crippen LogP contribution in [0, 0.1) is 5.92 Å². The zero-order chi connectivity index (χ0) is 13.8. The predicted octanol–water partition coefficient (Wildman–Crippen LogP) is 2.47. The Balaban J connectivity index is 1.86. The molecule has 0 aliphatic carbocycles. The fourth-order valence-electron chi connectivity index (χ4n) is 2.80. The van der Waals surface area contributed by atoms with Gasteiger partial charge in [-0.3, -0.25) is 4.90 Å². The molecule has 0 aromatic heterocycles. The summed E-state index contributed by atoms with van der Waals surface area (Å²) in [6.07, 6.45) is 1.35. The third-order valence-corrected chi connectivity index (χ3v) is 4.38. The van der Waals surface area contributed by atoms with Crippen LogP contribution in [-0.2, 0) is 0 Å². The first-order valence-electron chi connectivity index (χ1n) is 6.90. The molecule has 1 aromatic rings. The molecule has 1 saturated heterocycles. The number of halogens is 1. The van der Waals surface area contributed by atoms with Crippen molar-refractivity contribution in [2.24, 2.45) is 5.92 Å². The van der Waals surface area contributed by atoms with Gasteiger partial charge in [0.2, 0.25) is 0 Å². The molecule has 3 nitrogen and oxygen atoms in total. The lowest BCUT2D eigenvalue weighted by Gasteiger charge is -2.26. The summed E-state index contributed by atoms with van der Waals surface area (Å²) in [7, 11) is 0. The standard InChI is InChI=1S/C15H22ClNO2/c1-11-6-8-17(14(11)10-18)9-7-15(19)12-2-4-13(16)5-3-12/h2-5,11,14-15,18-19H,6-10H2,1H3. The second-order valence-corrected chi connectivity index (χ2v) is 5.84. The fourth-order valence-corrected chi connectivity index (χ4v) is 2.93. The highest BCUT2D eigenvalue weighted by Crippen LogP contribution is 2.26. The molecule has 3 unspecified atom stereocenters. The molecule has 19 heavy (non-hydrogen) atoms. The van der Waals surface area contributed by atoms with Crippen molar-refractivity contribution in [3.05, 3.63) is 34.9 Å². The van der Waals surface area contributed by atoms with E-state index in [0.717, 1.165) is 25.1 Å². The Morgan fingerprint density at radius 2 is 2.05 bits per heavy atom. The predicted molar refractivity (Wildman–Crippen MR) is 77.3 cm³/mol. The van der Waals surface area contributed by atoms with E-state index in [-0.39, 0.29) is 12.6 Å². The summed E-state index contributed by atoms with van der Waals surface area (Å²) in [5, 5.41) is 20.3. The maximum absolute atomic E-state index is 10.2. The molecule has 1 heterocycles. The van der Waals surface area contributed by atoms with E-state index >= 15 is 0 Å². The first-order valence-corrected chi connectivity index (χ1v) is 7.28. The van der Waals surface area contributed by atoms with Crippen LogP contribution in [-0.4, -0.2) is 40.9 Å². The molecule has 2 N–H and O–H groups in total. The second-order valence-electron chi connectivity index (χ2n) is 5.41. The van der Waals surface area contributed by atoms with E-state index < -0.39 is 6.10 Å². The highest BCUT2D eigenvalue weighted by atomic mass is 35.5. The molecule has 0 amide bonds. The topological polar surface area (TPSA) is 43.7 Å². The number of aliphatic hydroxyl groups excluding tert-OH is 2. The van der Waals surface area contributed by atoms with Crippen molar-refractivity contribution in [2.45, 2.75) is 31.9 Å². The van der Waals surface area contributed by atoms with Crippen LogP contribution < -0.4 is 0 Å². The Morgan fingerprint density at radius 3 is 2.68 bits per heavy atom. The van der Waals surface area contributed by atoms with Crippen LogP contribution in [0.3, 0.4) is 0 Å². The van der Waals surface area contributed by atoms with Gasteiger partial charge in [-0.2, -0.15) is 0 Å². The lowest BCUT2D eigenvalue weighted by molar-refractivity contribution is 0.107. The van der Waals surface area contributed by atoms with Gasteiger partial charge in [0.05, 0.1) is 12.7 Å². The van der Waals surface area contributed by atoms with Gasteiger partial charge in [0.25, 0.3) is 0 Å². The van der Waals surface area contributed by atoms with E-state index in [1.165, 1.54) is 0 Å². The number of benzene rings is 1. The van der Waals surface area contributed by atoms with E-state index in [2.05, 4.69) is 11.8 Å². The molecule has 2 rings (SSSR count). The van der Waals surface area contributed by atoms with Gasteiger partial charge in [-0.1, -0.05) is 30.7 Å². The van der Waals surface area contributed by atoms with Crippen molar-refractivity contribution in [3.63, 3.8) is 0 Å². The Kier molecular flexibility index (Phi) is 5.22. The minimum atomic E-state index is -0.465. The maximum Gasteiger partial charge on any atom is 0.0802 e. The minimum Gasteiger partial charge on any atom is -0.395 e. The normalized spacial score (nSPS) is 25.7. The van der Waals surface area contributed by atoms with Crippen LogP contribution in [0.1, 0.15) is 31.4 Å². The first kappa shape index (κ1) is 14.8. The molecule has 4 heteroatoms. The van der Waals surface area contributed by atoms with Crippen molar-refractivity contribution >= 4 is 11.6 Å². The summed E-state index contributed by atoms with van der Waals surface area (Å²) in [4.78, 5) is 2.28. The van der Waals surface area contributed by atoms with Gasteiger partial charge in [0, 0.05) is 17.6 Å². The lowest BCUT2D eigenvalue weighted by atomic mass is 10.0. The quantitative estimate of drug-likeness (QED) is 0.872. The molecular weight excluding hydrogens is 262 g/mol. The monoisotopic (exact) mass is 283 g/mol. The summed E-state index contributed by atoms with van der Waals surface area (Å²) in [6, 6.07) is 7.58. The van der Waals surface area contributed by atoms with Crippen LogP contribution in [0.4, 0.5) is 0 Å². The fraction of sp³-hybridized carbons (Fsp3) is 0.600. The number of likely N-dealkylation sites (tertiary alicyclic amines) is 1. The Hall–Kier alpha value is -0.610. The summed E-state index contributed by atoms with van der Waals surface area (Å²) in [5.41, 5.74) is 0.900. The van der Waals surface area contributed by atoms with Gasteiger partial charge in [0.1, 0.15) is 0 Å². The number of rotatable bonds is 5. The summed E-state index contributed by atoms with van der Waals surface area (Å²) >= 11 is 5.83. The third-order valence-electron chi connectivity index (χ3n) is 4.13. The zero-order valence-corrected chi connectivity index (χ0v) is 12.1. The molecular formula is C15H22ClNO2. The highest BCUT2D eigenvalue weighted by molar-refractivity contribution is 6.30. The summed E-state index contributed by atoms with van der Waals surface area (Å²) in [5.74, 6) is 0.540. The van der Waals surface area contributed by atoms with Gasteiger partial charge in [-0.25, -0.2) is 0 Å². The highest BCUT2D eigenvalue weighted by Gasteiger charge is 2.30. The van der Waals surface area contributed by atoms with Crippen LogP contribution in [0.2, 0.25) is 5.02 Å². The Bertz CT molecular complexity index is 396. The van der Waals surface area contributed by atoms with Crippen molar-refractivity contribution in [1.29, 1.82) is 0 Å². The summed E-state index contributed by atoms with van der Waals surface area (Å²) in [6.45, 7) is 4.22. The van der Waals surface area contributed by atoms with Crippen molar-refractivity contribution in [2.75, 3.05) is 19.7 Å². The molecule has 0 spiro atoms. The molecule has 1 aromatic carbocycles. The van der Waals surface area contributed by atoms with Crippen molar-refractivity contribution in [1.82, 2.24) is 4.90 Å². The first-order chi connectivity index (χ1) is 9.11. The van der Waals surface area contributed by atoms with Gasteiger partial charge in [-0.15, -0.1) is 0 Å². The van der Waals surface area contributed by atoms with Gasteiger partial charge in [0.15, 0.2) is 0 Å². The maximum atomic E-state index is 10.2. The smallest absolute Gasteiger partial charge is 0.0802 e. The molecule has 0 bridgehead atoms. The molecule has 1 aliphatic rings. The zero-order valence-electron chi connectivity index (χ0n) is 11.3. The van der Waals surface area contributed by atoms with E-state index in [0.29, 0.717) is 17.4 Å². The van der Waals surface area contributed by atoms with Crippen molar-refractivity contribution < 1.29 is 10.2 Å².